The lowest BCUT2D eigenvalue weighted by Gasteiger charge is -2.09. The molecule has 1 heterocycles. The third-order valence-corrected chi connectivity index (χ3v) is 4.04. The van der Waals surface area contributed by atoms with Gasteiger partial charge >= 0.3 is 6.18 Å². The molecule has 3 nitrogen and oxygen atoms in total. The van der Waals surface area contributed by atoms with Crippen LogP contribution in [0, 0.1) is 4.78 Å². The van der Waals surface area contributed by atoms with E-state index in [0.29, 0.717) is 0 Å². The summed E-state index contributed by atoms with van der Waals surface area (Å²) in [6.45, 7) is 0. The van der Waals surface area contributed by atoms with Crippen LogP contribution < -0.4 is 0 Å². The molecule has 1 aromatic carbocycles. The third-order valence-electron chi connectivity index (χ3n) is 2.65. The first-order chi connectivity index (χ1) is 9.81. The van der Waals surface area contributed by atoms with Gasteiger partial charge in [-0.15, -0.1) is 0 Å². The Balaban J connectivity index is 2.39. The van der Waals surface area contributed by atoms with E-state index in [0.717, 1.165) is 17.6 Å². The summed E-state index contributed by atoms with van der Waals surface area (Å²) < 4.78 is 58.4. The SMILES string of the molecule is N=S(=O)(/C=C/c1ccccc1C(F)(F)F)c1ccccn1. The van der Waals surface area contributed by atoms with Gasteiger partial charge in [0.15, 0.2) is 0 Å². The lowest BCUT2D eigenvalue weighted by Crippen LogP contribution is -2.07. The number of hydrogen-bond donors (Lipinski definition) is 1. The topological polar surface area (TPSA) is 53.8 Å². The molecule has 0 radical (unpaired) electrons. The molecule has 0 fully saturated rings. The van der Waals surface area contributed by atoms with Gasteiger partial charge in [-0.3, -0.25) is 0 Å². The number of halogens is 3. The number of rotatable bonds is 3. The standard InChI is InChI=1S/C14H11F3N2OS/c15-14(16,17)12-6-2-1-5-11(12)8-10-21(18,20)13-7-3-4-9-19-13/h1-10,18H/b10-8+. The van der Waals surface area contributed by atoms with Gasteiger partial charge in [0, 0.05) is 11.6 Å². The highest BCUT2D eigenvalue weighted by atomic mass is 32.2. The van der Waals surface area contributed by atoms with Crippen LogP contribution in [0.15, 0.2) is 59.1 Å². The van der Waals surface area contributed by atoms with Crippen LogP contribution in [0.5, 0.6) is 0 Å². The minimum absolute atomic E-state index is 0.00531. The van der Waals surface area contributed by atoms with Crippen LogP contribution in [0.4, 0.5) is 13.2 Å². The largest absolute Gasteiger partial charge is 0.416 e. The Morgan fingerprint density at radius 1 is 1.10 bits per heavy atom. The first kappa shape index (κ1) is 15.2. The van der Waals surface area contributed by atoms with Crippen LogP contribution in [0.25, 0.3) is 6.08 Å². The van der Waals surface area contributed by atoms with Crippen LogP contribution in [0.3, 0.4) is 0 Å². The summed E-state index contributed by atoms with van der Waals surface area (Å²) in [5.41, 5.74) is -0.974. The Morgan fingerprint density at radius 3 is 2.38 bits per heavy atom. The third kappa shape index (κ3) is 3.69. The Bertz CT molecular complexity index is 753. The summed E-state index contributed by atoms with van der Waals surface area (Å²) in [5.74, 6) is 0. The molecule has 0 saturated carbocycles. The molecule has 2 rings (SSSR count). The normalized spacial score (nSPS) is 15.0. The molecule has 0 saturated heterocycles. The second kappa shape index (κ2) is 5.69. The van der Waals surface area contributed by atoms with Crippen molar-refractivity contribution in [2.24, 2.45) is 0 Å². The molecule has 1 N–H and O–H groups in total. The van der Waals surface area contributed by atoms with Gasteiger partial charge in [-0.25, -0.2) is 14.0 Å². The summed E-state index contributed by atoms with van der Waals surface area (Å²) in [5, 5.41) is 0.950. The van der Waals surface area contributed by atoms with Crippen LogP contribution >= 0.6 is 0 Å². The smallest absolute Gasteiger partial charge is 0.246 e. The number of nitrogens with zero attached hydrogens (tertiary/aromatic N) is 1. The molecule has 110 valence electrons. The Labute approximate surface area is 120 Å². The molecule has 0 aliphatic carbocycles. The second-order valence-electron chi connectivity index (χ2n) is 4.16. The van der Waals surface area contributed by atoms with Crippen molar-refractivity contribution in [3.05, 3.63) is 65.2 Å². The Morgan fingerprint density at radius 2 is 1.76 bits per heavy atom. The molecule has 0 amide bonds. The fraction of sp³-hybridized carbons (Fsp3) is 0.0714. The van der Waals surface area contributed by atoms with Gasteiger partial charge in [-0.2, -0.15) is 13.2 Å². The summed E-state index contributed by atoms with van der Waals surface area (Å²) in [6, 6.07) is 9.48. The minimum Gasteiger partial charge on any atom is -0.246 e. The van der Waals surface area contributed by atoms with Gasteiger partial charge in [0.25, 0.3) is 0 Å². The van der Waals surface area contributed by atoms with Crippen LogP contribution in [-0.2, 0) is 15.9 Å². The van der Waals surface area contributed by atoms with Crippen molar-refractivity contribution in [1.29, 1.82) is 4.78 Å². The maximum absolute atomic E-state index is 12.8. The van der Waals surface area contributed by atoms with E-state index < -0.39 is 21.5 Å². The van der Waals surface area contributed by atoms with E-state index in [2.05, 4.69) is 4.98 Å². The van der Waals surface area contributed by atoms with Gasteiger partial charge in [0.2, 0.25) is 0 Å². The van der Waals surface area contributed by atoms with Gasteiger partial charge in [-0.05, 0) is 29.8 Å². The molecule has 7 heteroatoms. The van der Waals surface area contributed by atoms with Crippen LogP contribution in [-0.4, -0.2) is 9.19 Å². The van der Waals surface area contributed by atoms with Crippen molar-refractivity contribution in [2.75, 3.05) is 0 Å². The molecule has 1 unspecified atom stereocenters. The van der Waals surface area contributed by atoms with Crippen molar-refractivity contribution in [3.63, 3.8) is 0 Å². The highest BCUT2D eigenvalue weighted by Crippen LogP contribution is 2.32. The molecule has 0 aliphatic rings. The van der Waals surface area contributed by atoms with E-state index in [9.17, 15) is 17.4 Å². The molecule has 2 aromatic rings. The molecule has 0 spiro atoms. The first-order valence-corrected chi connectivity index (χ1v) is 7.47. The predicted octanol–water partition coefficient (Wildman–Crippen LogP) is 4.18. The zero-order chi connectivity index (χ0) is 15.5. The summed E-state index contributed by atoms with van der Waals surface area (Å²) in [4.78, 5) is 3.80. The van der Waals surface area contributed by atoms with Crippen LogP contribution in [0.1, 0.15) is 11.1 Å². The second-order valence-corrected chi connectivity index (χ2v) is 6.05. The van der Waals surface area contributed by atoms with Gasteiger partial charge < -0.3 is 0 Å². The number of alkyl halides is 3. The molecule has 0 bridgehead atoms. The molecular weight excluding hydrogens is 301 g/mol. The lowest BCUT2D eigenvalue weighted by molar-refractivity contribution is -0.137. The average Bonchev–Trinajstić information content (AvgIpc) is 2.45. The molecule has 1 aromatic heterocycles. The van der Waals surface area contributed by atoms with Crippen molar-refractivity contribution in [3.8, 4) is 0 Å². The van der Waals surface area contributed by atoms with Crippen molar-refractivity contribution >= 4 is 15.8 Å². The predicted molar refractivity (Wildman–Crippen MR) is 73.8 cm³/mol. The molecule has 0 aliphatic heterocycles. The van der Waals surface area contributed by atoms with E-state index in [1.165, 1.54) is 30.5 Å². The van der Waals surface area contributed by atoms with E-state index in [1.807, 2.05) is 0 Å². The summed E-state index contributed by atoms with van der Waals surface area (Å²) in [6.07, 6.45) is -2.08. The summed E-state index contributed by atoms with van der Waals surface area (Å²) >= 11 is 0. The van der Waals surface area contributed by atoms with Crippen LogP contribution in [0.2, 0.25) is 0 Å². The van der Waals surface area contributed by atoms with E-state index in [1.54, 1.807) is 12.1 Å². The van der Waals surface area contributed by atoms with E-state index in [-0.39, 0.29) is 10.6 Å². The minimum atomic E-state index is -4.51. The number of aromatic nitrogens is 1. The zero-order valence-corrected chi connectivity index (χ0v) is 11.5. The fourth-order valence-corrected chi connectivity index (χ4v) is 2.64. The number of pyridine rings is 1. The van der Waals surface area contributed by atoms with E-state index >= 15 is 0 Å². The number of hydrogen-bond acceptors (Lipinski definition) is 3. The highest BCUT2D eigenvalue weighted by Gasteiger charge is 2.32. The molecular formula is C14H11F3N2OS. The monoisotopic (exact) mass is 312 g/mol. The van der Waals surface area contributed by atoms with E-state index in [4.69, 9.17) is 4.78 Å². The molecule has 21 heavy (non-hydrogen) atoms. The Kier molecular flexibility index (Phi) is 4.13. The maximum atomic E-state index is 12.8. The molecule has 1 atom stereocenters. The van der Waals surface area contributed by atoms with Gasteiger partial charge in [0.05, 0.1) is 5.56 Å². The fourth-order valence-electron chi connectivity index (χ4n) is 1.67. The maximum Gasteiger partial charge on any atom is 0.416 e. The summed E-state index contributed by atoms with van der Waals surface area (Å²) in [7, 11) is -3.38. The number of benzene rings is 1. The highest BCUT2D eigenvalue weighted by molar-refractivity contribution is 7.95. The zero-order valence-electron chi connectivity index (χ0n) is 10.7. The number of nitrogens with one attached hydrogen (secondary N) is 1. The van der Waals surface area contributed by atoms with Gasteiger partial charge in [-0.1, -0.05) is 24.3 Å². The van der Waals surface area contributed by atoms with Crippen molar-refractivity contribution in [2.45, 2.75) is 11.2 Å². The lowest BCUT2D eigenvalue weighted by atomic mass is 10.1. The first-order valence-electron chi connectivity index (χ1n) is 5.85. The van der Waals surface area contributed by atoms with Gasteiger partial charge in [0.1, 0.15) is 14.8 Å². The Hall–Kier alpha value is -2.15. The van der Waals surface area contributed by atoms with Crippen molar-refractivity contribution < 1.29 is 17.4 Å². The average molecular weight is 312 g/mol. The quantitative estimate of drug-likeness (QED) is 0.924. The van der Waals surface area contributed by atoms with Crippen molar-refractivity contribution in [1.82, 2.24) is 4.98 Å².